The quantitative estimate of drug-likeness (QED) is 0.658. The van der Waals surface area contributed by atoms with Gasteiger partial charge in [-0.3, -0.25) is 13.9 Å². The summed E-state index contributed by atoms with van der Waals surface area (Å²) in [5.74, 6) is 4.84. The van der Waals surface area contributed by atoms with Gasteiger partial charge in [0.2, 0.25) is 5.95 Å². The molecule has 0 unspecified atom stereocenters. The van der Waals surface area contributed by atoms with Crippen molar-refractivity contribution in [2.45, 2.75) is 45.8 Å². The molecular weight excluding hydrogens is 429 g/mol. The van der Waals surface area contributed by atoms with Crippen LogP contribution in [-0.2, 0) is 24.8 Å². The minimum Gasteiger partial charge on any atom is -0.475 e. The zero-order chi connectivity index (χ0) is 23.9. The Morgan fingerprint density at radius 2 is 1.88 bits per heavy atom. The van der Waals surface area contributed by atoms with Crippen LogP contribution in [0.2, 0.25) is 0 Å². The van der Waals surface area contributed by atoms with Crippen LogP contribution in [0, 0.1) is 11.8 Å². The van der Waals surface area contributed by atoms with Crippen LogP contribution in [0.25, 0.3) is 11.2 Å². The van der Waals surface area contributed by atoms with Gasteiger partial charge in [0.1, 0.15) is 5.82 Å². The molecule has 0 spiro atoms. The maximum absolute atomic E-state index is 13.0. The fraction of sp³-hybridized carbons (Fsp3) is 0.600. The summed E-state index contributed by atoms with van der Waals surface area (Å²) in [6, 6.07) is 0. The highest BCUT2D eigenvalue weighted by Crippen LogP contribution is 2.20. The summed E-state index contributed by atoms with van der Waals surface area (Å²) < 4.78 is 35.3. The van der Waals surface area contributed by atoms with E-state index in [0.29, 0.717) is 17.7 Å². The standard InChI is InChI=1S/C18H26N6O.C2HF3O2/c1-4-6-8-14-20-16-15(17(25)22(14)3)24(11-7-5-2)18(21-16)23-12-9-19-10-13-23;3-2(4,5)1(6)7/h19H,4,6,8-13H2,1-3H3;(H,6,7). The van der Waals surface area contributed by atoms with Gasteiger partial charge < -0.3 is 15.3 Å². The third-order valence-corrected chi connectivity index (χ3v) is 4.87. The van der Waals surface area contributed by atoms with Gasteiger partial charge in [0.25, 0.3) is 5.56 Å². The van der Waals surface area contributed by atoms with Crippen molar-refractivity contribution in [3.8, 4) is 11.8 Å². The molecule has 0 amide bonds. The molecule has 176 valence electrons. The number of imidazole rings is 1. The number of fused-ring (bicyclic) bond motifs is 1. The van der Waals surface area contributed by atoms with Crippen LogP contribution >= 0.6 is 0 Å². The molecule has 0 radical (unpaired) electrons. The highest BCUT2D eigenvalue weighted by Gasteiger charge is 2.38. The molecule has 1 saturated heterocycles. The Labute approximate surface area is 183 Å². The number of aryl methyl sites for hydroxylation is 1. The first-order chi connectivity index (χ1) is 15.1. The summed E-state index contributed by atoms with van der Waals surface area (Å²) >= 11 is 0. The zero-order valence-electron chi connectivity index (χ0n) is 18.3. The normalized spacial score (nSPS) is 13.9. The molecule has 1 aliphatic rings. The molecule has 1 aliphatic heterocycles. The molecule has 3 heterocycles. The van der Waals surface area contributed by atoms with Gasteiger partial charge in [0.05, 0.1) is 6.54 Å². The SMILES string of the molecule is CC#CCn1c(N2CCNCC2)nc2nc(CCCC)n(C)c(=O)c21.O=C(O)C(F)(F)F. The van der Waals surface area contributed by atoms with Gasteiger partial charge in [-0.2, -0.15) is 18.2 Å². The van der Waals surface area contributed by atoms with Crippen molar-refractivity contribution < 1.29 is 23.1 Å². The maximum Gasteiger partial charge on any atom is 0.490 e. The summed E-state index contributed by atoms with van der Waals surface area (Å²) in [6.07, 6.45) is -2.21. The molecular formula is C20H27F3N6O3. The van der Waals surface area contributed by atoms with Crippen molar-refractivity contribution >= 4 is 23.1 Å². The van der Waals surface area contributed by atoms with Crippen LogP contribution in [0.3, 0.4) is 0 Å². The monoisotopic (exact) mass is 456 g/mol. The van der Waals surface area contributed by atoms with Crippen molar-refractivity contribution in [1.82, 2.24) is 24.4 Å². The third kappa shape index (κ3) is 6.00. The smallest absolute Gasteiger partial charge is 0.475 e. The zero-order valence-corrected chi connectivity index (χ0v) is 18.3. The number of piperazine rings is 1. The lowest BCUT2D eigenvalue weighted by molar-refractivity contribution is -0.192. The average Bonchev–Trinajstić information content (AvgIpc) is 3.12. The number of aliphatic carboxylic acids is 1. The third-order valence-electron chi connectivity index (χ3n) is 4.87. The van der Waals surface area contributed by atoms with Crippen LogP contribution in [0.5, 0.6) is 0 Å². The van der Waals surface area contributed by atoms with Gasteiger partial charge in [-0.1, -0.05) is 19.3 Å². The number of alkyl halides is 3. The predicted octanol–water partition coefficient (Wildman–Crippen LogP) is 1.54. The van der Waals surface area contributed by atoms with E-state index >= 15 is 0 Å². The molecule has 2 N–H and O–H groups in total. The number of nitrogens with one attached hydrogen (secondary N) is 1. The lowest BCUT2D eigenvalue weighted by Gasteiger charge is -2.28. The van der Waals surface area contributed by atoms with E-state index in [1.54, 1.807) is 11.6 Å². The van der Waals surface area contributed by atoms with Crippen LogP contribution in [0.1, 0.15) is 32.5 Å². The number of anilines is 1. The number of carboxylic acids is 1. The number of halogens is 3. The van der Waals surface area contributed by atoms with Gasteiger partial charge in [-0.15, -0.1) is 5.92 Å². The summed E-state index contributed by atoms with van der Waals surface area (Å²) in [4.78, 5) is 33.5. The first kappa shape index (κ1) is 25.2. The Bertz CT molecular complexity index is 1060. The molecule has 9 nitrogen and oxygen atoms in total. The van der Waals surface area contributed by atoms with Crippen molar-refractivity contribution in [2.75, 3.05) is 31.1 Å². The number of rotatable bonds is 5. The van der Waals surface area contributed by atoms with Crippen molar-refractivity contribution in [3.05, 3.63) is 16.2 Å². The van der Waals surface area contributed by atoms with Gasteiger partial charge in [0, 0.05) is 39.6 Å². The van der Waals surface area contributed by atoms with E-state index in [1.807, 2.05) is 11.5 Å². The molecule has 0 saturated carbocycles. The number of hydrogen-bond donors (Lipinski definition) is 2. The second-order valence-electron chi connectivity index (χ2n) is 7.13. The van der Waals surface area contributed by atoms with Crippen molar-refractivity contribution in [3.63, 3.8) is 0 Å². The fourth-order valence-corrected chi connectivity index (χ4v) is 3.16. The van der Waals surface area contributed by atoms with E-state index in [0.717, 1.165) is 57.2 Å². The summed E-state index contributed by atoms with van der Waals surface area (Å²) in [5.41, 5.74) is 1.06. The number of carboxylic acid groups (broad SMARTS) is 1. The van der Waals surface area contributed by atoms with Crippen LogP contribution in [0.15, 0.2) is 4.79 Å². The van der Waals surface area contributed by atoms with Gasteiger partial charge in [-0.25, -0.2) is 9.78 Å². The molecule has 32 heavy (non-hydrogen) atoms. The highest BCUT2D eigenvalue weighted by atomic mass is 19.4. The average molecular weight is 456 g/mol. The van der Waals surface area contributed by atoms with Gasteiger partial charge in [0.15, 0.2) is 11.2 Å². The molecule has 2 aromatic heterocycles. The van der Waals surface area contributed by atoms with E-state index in [9.17, 15) is 18.0 Å². The predicted molar refractivity (Wildman–Crippen MR) is 114 cm³/mol. The Hall–Kier alpha value is -3.07. The number of carbonyl (C=O) groups is 1. The molecule has 1 fully saturated rings. The van der Waals surface area contributed by atoms with Crippen molar-refractivity contribution in [2.24, 2.45) is 7.05 Å². The number of hydrogen-bond acceptors (Lipinski definition) is 6. The number of unbranched alkanes of at least 4 members (excludes halogenated alkanes) is 1. The summed E-state index contributed by atoms with van der Waals surface area (Å²) in [5, 5.41) is 10.5. The van der Waals surface area contributed by atoms with Crippen LogP contribution in [0.4, 0.5) is 19.1 Å². The fourth-order valence-electron chi connectivity index (χ4n) is 3.16. The Morgan fingerprint density at radius 1 is 1.25 bits per heavy atom. The molecule has 0 aromatic carbocycles. The highest BCUT2D eigenvalue weighted by molar-refractivity contribution is 5.74. The molecule has 0 bridgehead atoms. The lowest BCUT2D eigenvalue weighted by atomic mass is 10.2. The van der Waals surface area contributed by atoms with Crippen molar-refractivity contribution in [1.29, 1.82) is 0 Å². The molecule has 3 rings (SSSR count). The molecule has 2 aromatic rings. The molecule has 0 aliphatic carbocycles. The van der Waals surface area contributed by atoms with E-state index in [2.05, 4.69) is 29.0 Å². The van der Waals surface area contributed by atoms with Crippen LogP contribution in [-0.4, -0.2) is 62.5 Å². The maximum atomic E-state index is 13.0. The van der Waals surface area contributed by atoms with Crippen LogP contribution < -0.4 is 15.8 Å². The Balaban J connectivity index is 0.000000451. The van der Waals surface area contributed by atoms with E-state index < -0.39 is 12.1 Å². The van der Waals surface area contributed by atoms with E-state index in [1.165, 1.54) is 0 Å². The lowest BCUT2D eigenvalue weighted by Crippen LogP contribution is -2.44. The Morgan fingerprint density at radius 3 is 2.41 bits per heavy atom. The van der Waals surface area contributed by atoms with E-state index in [4.69, 9.17) is 19.9 Å². The largest absolute Gasteiger partial charge is 0.490 e. The first-order valence-corrected chi connectivity index (χ1v) is 10.2. The molecule has 0 atom stereocenters. The number of aromatic nitrogens is 4. The van der Waals surface area contributed by atoms with E-state index in [-0.39, 0.29) is 5.56 Å². The van der Waals surface area contributed by atoms with Gasteiger partial charge >= 0.3 is 12.1 Å². The summed E-state index contributed by atoms with van der Waals surface area (Å²) in [6.45, 7) is 7.96. The van der Waals surface area contributed by atoms with Gasteiger partial charge in [-0.05, 0) is 13.3 Å². The number of nitrogens with zero attached hydrogens (tertiary/aromatic N) is 5. The summed E-state index contributed by atoms with van der Waals surface area (Å²) in [7, 11) is 1.80. The minimum absolute atomic E-state index is 0.0390. The first-order valence-electron chi connectivity index (χ1n) is 10.2. The molecule has 12 heteroatoms. The minimum atomic E-state index is -5.08. The second kappa shape index (κ2) is 11.0. The Kier molecular flexibility index (Phi) is 8.65. The topological polar surface area (TPSA) is 105 Å². The second-order valence-corrected chi connectivity index (χ2v) is 7.13.